The second-order valence-corrected chi connectivity index (χ2v) is 7.14. The van der Waals surface area contributed by atoms with Crippen molar-refractivity contribution in [1.29, 1.82) is 0 Å². The van der Waals surface area contributed by atoms with Crippen molar-refractivity contribution in [1.82, 2.24) is 20.1 Å². The van der Waals surface area contributed by atoms with Gasteiger partial charge in [-0.05, 0) is 24.3 Å². The summed E-state index contributed by atoms with van der Waals surface area (Å²) in [6.07, 6.45) is 1.52. The molecule has 162 valence electrons. The molecule has 1 aliphatic rings. The molecule has 0 saturated heterocycles. The van der Waals surface area contributed by atoms with Crippen LogP contribution < -0.4 is 4.74 Å². The van der Waals surface area contributed by atoms with E-state index < -0.39 is 17.5 Å². The number of fused-ring (bicyclic) bond motifs is 1. The van der Waals surface area contributed by atoms with Gasteiger partial charge in [0.25, 0.3) is 0 Å². The van der Waals surface area contributed by atoms with Gasteiger partial charge in [0.2, 0.25) is 0 Å². The Labute approximate surface area is 180 Å². The van der Waals surface area contributed by atoms with E-state index in [1.807, 2.05) is 0 Å². The van der Waals surface area contributed by atoms with Crippen LogP contribution in [-0.4, -0.2) is 33.5 Å². The molecule has 0 spiro atoms. The highest BCUT2D eigenvalue weighted by Gasteiger charge is 2.21. The van der Waals surface area contributed by atoms with Gasteiger partial charge in [-0.3, -0.25) is 5.01 Å². The van der Waals surface area contributed by atoms with Gasteiger partial charge in [0.1, 0.15) is 28.8 Å². The second-order valence-electron chi connectivity index (χ2n) is 7.14. The monoisotopic (exact) mass is 439 g/mol. The summed E-state index contributed by atoms with van der Waals surface area (Å²) in [6, 6.07) is 10.0. The van der Waals surface area contributed by atoms with Crippen LogP contribution in [0.15, 0.2) is 52.1 Å². The van der Waals surface area contributed by atoms with E-state index in [1.54, 1.807) is 23.2 Å². The van der Waals surface area contributed by atoms with Crippen molar-refractivity contribution >= 4 is 6.21 Å². The summed E-state index contributed by atoms with van der Waals surface area (Å²) >= 11 is 0. The molecular weight excluding hydrogens is 423 g/mol. The Morgan fingerprint density at radius 2 is 1.97 bits per heavy atom. The normalized spacial score (nSPS) is 12.8. The maximum atomic E-state index is 14.3. The molecule has 0 fully saturated rings. The molecule has 7 nitrogen and oxygen atoms in total. The fraction of sp³-hybridized carbons (Fsp3) is 0.136. The molecule has 4 aromatic rings. The van der Waals surface area contributed by atoms with Crippen molar-refractivity contribution < 1.29 is 22.4 Å². The summed E-state index contributed by atoms with van der Waals surface area (Å²) in [5.74, 6) is -1.28. The molecule has 1 aliphatic heterocycles. The van der Waals surface area contributed by atoms with E-state index in [1.165, 1.54) is 31.5 Å². The second kappa shape index (κ2) is 7.88. The van der Waals surface area contributed by atoms with Gasteiger partial charge in [0, 0.05) is 17.7 Å². The van der Waals surface area contributed by atoms with E-state index >= 15 is 0 Å². The molecule has 0 unspecified atom stereocenters. The average Bonchev–Trinajstić information content (AvgIpc) is 3.42. The van der Waals surface area contributed by atoms with Gasteiger partial charge in [0.05, 0.1) is 37.7 Å². The number of H-pyrrole nitrogens is 1. The average molecular weight is 439 g/mol. The highest BCUT2D eigenvalue weighted by molar-refractivity contribution is 5.80. The lowest BCUT2D eigenvalue weighted by Gasteiger charge is -2.19. The van der Waals surface area contributed by atoms with Gasteiger partial charge in [0.15, 0.2) is 17.4 Å². The van der Waals surface area contributed by atoms with Crippen molar-refractivity contribution in [2.45, 2.75) is 13.1 Å². The highest BCUT2D eigenvalue weighted by atomic mass is 19.2. The number of hydrogen-bond donors (Lipinski definition) is 1. The summed E-state index contributed by atoms with van der Waals surface area (Å²) in [6.45, 7) is 0.603. The molecule has 1 N–H and O–H groups in total. The van der Waals surface area contributed by atoms with Crippen LogP contribution in [0.3, 0.4) is 0 Å². The number of hydrogen-bond acceptors (Lipinski definition) is 6. The molecule has 0 bridgehead atoms. The molecular formula is C22H16F3N5O2. The van der Waals surface area contributed by atoms with Crippen LogP contribution in [0, 0.1) is 17.5 Å². The topological polar surface area (TPSA) is 79.5 Å². The molecule has 0 amide bonds. The molecule has 2 aromatic heterocycles. The Hall–Kier alpha value is -4.08. The minimum Gasteiger partial charge on any atom is -0.497 e. The highest BCUT2D eigenvalue weighted by Crippen LogP contribution is 2.28. The first-order valence-electron chi connectivity index (χ1n) is 9.63. The fourth-order valence-electron chi connectivity index (χ4n) is 3.45. The number of nitrogens with zero attached hydrogens (tertiary/aromatic N) is 4. The smallest absolute Gasteiger partial charge is 0.169 e. The Morgan fingerprint density at radius 3 is 2.78 bits per heavy atom. The minimum atomic E-state index is -0.965. The number of hydrazone groups is 1. The molecule has 0 radical (unpaired) electrons. The number of halogens is 3. The zero-order valence-electron chi connectivity index (χ0n) is 16.8. The van der Waals surface area contributed by atoms with Gasteiger partial charge in [-0.15, -0.1) is 0 Å². The minimum absolute atomic E-state index is 0.0424. The molecule has 0 saturated carbocycles. The van der Waals surface area contributed by atoms with E-state index in [0.29, 0.717) is 40.7 Å². The van der Waals surface area contributed by atoms with E-state index in [4.69, 9.17) is 9.26 Å². The van der Waals surface area contributed by atoms with Gasteiger partial charge in [-0.25, -0.2) is 18.2 Å². The lowest BCUT2D eigenvalue weighted by atomic mass is 10.1. The van der Waals surface area contributed by atoms with Crippen molar-refractivity contribution in [2.75, 3.05) is 7.11 Å². The lowest BCUT2D eigenvalue weighted by Crippen LogP contribution is -2.21. The number of aromatic amines is 1. The predicted octanol–water partition coefficient (Wildman–Crippen LogP) is 4.51. The summed E-state index contributed by atoms with van der Waals surface area (Å²) in [7, 11) is 1.46. The van der Waals surface area contributed by atoms with Gasteiger partial charge >= 0.3 is 0 Å². The van der Waals surface area contributed by atoms with Gasteiger partial charge in [-0.1, -0.05) is 11.2 Å². The zero-order chi connectivity index (χ0) is 22.2. The van der Waals surface area contributed by atoms with E-state index in [0.717, 1.165) is 6.07 Å². The quantitative estimate of drug-likeness (QED) is 0.495. The first kappa shape index (κ1) is 19.9. The van der Waals surface area contributed by atoms with Crippen molar-refractivity contribution in [2.24, 2.45) is 5.10 Å². The van der Waals surface area contributed by atoms with Crippen molar-refractivity contribution in [3.05, 3.63) is 77.1 Å². The van der Waals surface area contributed by atoms with Crippen LogP contribution in [0.5, 0.6) is 5.75 Å². The van der Waals surface area contributed by atoms with Gasteiger partial charge in [-0.2, -0.15) is 5.10 Å². The Morgan fingerprint density at radius 1 is 1.09 bits per heavy atom. The molecule has 3 heterocycles. The van der Waals surface area contributed by atoms with Crippen LogP contribution >= 0.6 is 0 Å². The first-order valence-corrected chi connectivity index (χ1v) is 9.63. The number of imidazole rings is 1. The Balaban J connectivity index is 1.32. The number of aromatic nitrogens is 3. The van der Waals surface area contributed by atoms with Crippen LogP contribution in [0.1, 0.15) is 17.1 Å². The maximum Gasteiger partial charge on any atom is 0.169 e. The summed E-state index contributed by atoms with van der Waals surface area (Å²) in [5.41, 5.74) is 1.92. The number of nitrogens with one attached hydrogen (secondary N) is 1. The largest absolute Gasteiger partial charge is 0.497 e. The Bertz CT molecular complexity index is 1330. The lowest BCUT2D eigenvalue weighted by molar-refractivity contribution is 0.229. The molecule has 0 atom stereocenters. The van der Waals surface area contributed by atoms with E-state index in [9.17, 15) is 13.2 Å². The third kappa shape index (κ3) is 3.59. The molecule has 5 rings (SSSR count). The third-order valence-corrected chi connectivity index (χ3v) is 5.05. The van der Waals surface area contributed by atoms with E-state index in [2.05, 4.69) is 20.2 Å². The van der Waals surface area contributed by atoms with Gasteiger partial charge < -0.3 is 14.2 Å². The summed E-state index contributed by atoms with van der Waals surface area (Å²) in [4.78, 5) is 7.33. The fourth-order valence-corrected chi connectivity index (χ4v) is 3.45. The van der Waals surface area contributed by atoms with Crippen LogP contribution in [0.25, 0.3) is 22.6 Å². The Kier molecular flexibility index (Phi) is 4.89. The number of ether oxygens (including phenoxy) is 1. The van der Waals surface area contributed by atoms with Crippen LogP contribution in [0.4, 0.5) is 13.2 Å². The third-order valence-electron chi connectivity index (χ3n) is 5.05. The molecule has 10 heteroatoms. The van der Waals surface area contributed by atoms with Crippen molar-refractivity contribution in [3.8, 4) is 28.4 Å². The summed E-state index contributed by atoms with van der Waals surface area (Å²) < 4.78 is 52.3. The molecule has 32 heavy (non-hydrogen) atoms. The van der Waals surface area contributed by atoms with E-state index in [-0.39, 0.29) is 17.9 Å². The first-order chi connectivity index (χ1) is 15.5. The maximum absolute atomic E-state index is 14.3. The van der Waals surface area contributed by atoms with Crippen LogP contribution in [-0.2, 0) is 13.1 Å². The SMILES string of the molecule is COc1ccc(-c2cc(CN3Cc4[nH]c(-c5cccc(F)c5F)nc4C=N3)on2)c(F)c1. The number of benzene rings is 2. The summed E-state index contributed by atoms with van der Waals surface area (Å²) in [5, 5.41) is 9.94. The van der Waals surface area contributed by atoms with Crippen molar-refractivity contribution in [3.63, 3.8) is 0 Å². The predicted molar refractivity (Wildman–Crippen MR) is 109 cm³/mol. The molecule has 2 aromatic carbocycles. The molecule has 0 aliphatic carbocycles. The standard InChI is InChI=1S/C22H16F3N5O2/c1-31-12-5-6-14(17(24)7-12)18-8-13(32-29-18)10-30-11-20-19(9-26-30)27-22(28-20)15-3-2-4-16(23)21(15)25/h2-9H,10-11H2,1H3,(H,27,28). The number of methoxy groups -OCH3 is 1. The van der Waals surface area contributed by atoms with Crippen LogP contribution in [0.2, 0.25) is 0 Å². The zero-order valence-corrected chi connectivity index (χ0v) is 16.8. The number of rotatable bonds is 5.